The zero-order chi connectivity index (χ0) is 13.5. The number of rotatable bonds is 8. The first kappa shape index (κ1) is 16.7. The predicted octanol–water partition coefficient (Wildman–Crippen LogP) is 3.51. The summed E-state index contributed by atoms with van der Waals surface area (Å²) in [6, 6.07) is -0.000185. The van der Waals surface area contributed by atoms with Crippen LogP contribution >= 0.6 is 0 Å². The van der Waals surface area contributed by atoms with E-state index in [0.29, 0.717) is 6.42 Å². The monoisotopic (exact) mass is 255 g/mol. The van der Waals surface area contributed by atoms with Crippen molar-refractivity contribution < 1.29 is 17.9 Å². The number of nitrogens with one attached hydrogen (secondary N) is 1. The van der Waals surface area contributed by atoms with Crippen LogP contribution in [0.2, 0.25) is 0 Å². The molecule has 0 aliphatic rings. The van der Waals surface area contributed by atoms with E-state index in [-0.39, 0.29) is 12.1 Å². The smallest absolute Gasteiger partial charge is 0.364 e. The Bertz CT molecular complexity index is 191. The van der Waals surface area contributed by atoms with Gasteiger partial charge in [0.05, 0.1) is 6.10 Å². The van der Waals surface area contributed by atoms with Crippen LogP contribution in [0.1, 0.15) is 47.0 Å². The Hall–Kier alpha value is -0.290. The Morgan fingerprint density at radius 2 is 1.76 bits per heavy atom. The Balaban J connectivity index is 4.46. The minimum absolute atomic E-state index is 0.000185. The van der Waals surface area contributed by atoms with Crippen molar-refractivity contribution in [2.24, 2.45) is 0 Å². The summed E-state index contributed by atoms with van der Waals surface area (Å²) in [5, 5.41) is 3.20. The summed E-state index contributed by atoms with van der Waals surface area (Å²) < 4.78 is 42.5. The zero-order valence-electron chi connectivity index (χ0n) is 11.1. The molecule has 0 aliphatic carbocycles. The van der Waals surface area contributed by atoms with Gasteiger partial charge in [-0.05, 0) is 26.3 Å². The van der Waals surface area contributed by atoms with Crippen LogP contribution in [-0.2, 0) is 4.74 Å². The van der Waals surface area contributed by atoms with Gasteiger partial charge >= 0.3 is 6.18 Å². The van der Waals surface area contributed by atoms with Crippen molar-refractivity contribution in [1.82, 2.24) is 5.32 Å². The third-order valence-electron chi connectivity index (χ3n) is 2.76. The molecular weight excluding hydrogens is 231 g/mol. The molecule has 0 aromatic rings. The normalized spacial score (nSPS) is 17.8. The van der Waals surface area contributed by atoms with Gasteiger partial charge in [0.15, 0.2) is 6.10 Å². The van der Waals surface area contributed by atoms with Gasteiger partial charge < -0.3 is 10.1 Å². The molecule has 3 atom stereocenters. The second-order valence-corrected chi connectivity index (χ2v) is 4.22. The van der Waals surface area contributed by atoms with Gasteiger partial charge in [0.1, 0.15) is 0 Å². The number of ether oxygens (including phenoxy) is 1. The van der Waals surface area contributed by atoms with E-state index in [9.17, 15) is 13.2 Å². The van der Waals surface area contributed by atoms with Gasteiger partial charge in [-0.1, -0.05) is 27.2 Å². The second kappa shape index (κ2) is 7.93. The van der Waals surface area contributed by atoms with Crippen LogP contribution in [0.4, 0.5) is 13.2 Å². The molecule has 0 fully saturated rings. The molecule has 0 radical (unpaired) electrons. The van der Waals surface area contributed by atoms with Crippen molar-refractivity contribution in [2.45, 2.75) is 71.4 Å². The van der Waals surface area contributed by atoms with Gasteiger partial charge in [0.2, 0.25) is 0 Å². The molecule has 3 unspecified atom stereocenters. The highest BCUT2D eigenvalue weighted by molar-refractivity contribution is 4.77. The summed E-state index contributed by atoms with van der Waals surface area (Å²) in [5.41, 5.74) is 0. The van der Waals surface area contributed by atoms with E-state index in [1.165, 1.54) is 0 Å². The summed E-state index contributed by atoms with van der Waals surface area (Å²) in [6.45, 7) is 7.63. The van der Waals surface area contributed by atoms with E-state index in [1.807, 2.05) is 20.8 Å². The van der Waals surface area contributed by atoms with Crippen LogP contribution in [-0.4, -0.2) is 31.0 Å². The molecular formula is C12H24F3NO. The van der Waals surface area contributed by atoms with E-state index in [2.05, 4.69) is 5.32 Å². The summed E-state index contributed by atoms with van der Waals surface area (Å²) in [4.78, 5) is 0. The highest BCUT2D eigenvalue weighted by Gasteiger charge is 2.39. The van der Waals surface area contributed by atoms with Crippen LogP contribution in [0.5, 0.6) is 0 Å². The van der Waals surface area contributed by atoms with Gasteiger partial charge in [-0.3, -0.25) is 0 Å². The topological polar surface area (TPSA) is 21.3 Å². The third kappa shape index (κ3) is 6.27. The highest BCUT2D eigenvalue weighted by Crippen LogP contribution is 2.25. The fourth-order valence-corrected chi connectivity index (χ4v) is 1.81. The number of hydrogen-bond acceptors (Lipinski definition) is 2. The Kier molecular flexibility index (Phi) is 7.79. The van der Waals surface area contributed by atoms with Gasteiger partial charge in [0.25, 0.3) is 0 Å². The van der Waals surface area contributed by atoms with Crippen LogP contribution in [0.15, 0.2) is 0 Å². The van der Waals surface area contributed by atoms with Crippen molar-refractivity contribution in [3.63, 3.8) is 0 Å². The maximum absolute atomic E-state index is 12.4. The molecule has 104 valence electrons. The Morgan fingerprint density at radius 3 is 2.12 bits per heavy atom. The summed E-state index contributed by atoms with van der Waals surface area (Å²) >= 11 is 0. The number of likely N-dealkylation sites (N-methyl/N-ethyl adjacent to an activating group) is 1. The molecule has 0 amide bonds. The second-order valence-electron chi connectivity index (χ2n) is 4.22. The SMILES string of the molecule is CCCC(NCC)C(CC)OC(C)C(F)(F)F. The maximum Gasteiger partial charge on any atom is 0.414 e. The van der Waals surface area contributed by atoms with Crippen molar-refractivity contribution in [3.8, 4) is 0 Å². The van der Waals surface area contributed by atoms with E-state index < -0.39 is 12.3 Å². The number of hydrogen-bond donors (Lipinski definition) is 1. The lowest BCUT2D eigenvalue weighted by Gasteiger charge is -2.30. The largest absolute Gasteiger partial charge is 0.414 e. The molecule has 17 heavy (non-hydrogen) atoms. The molecule has 0 spiro atoms. The van der Waals surface area contributed by atoms with Crippen LogP contribution in [0.25, 0.3) is 0 Å². The number of halogens is 3. The molecule has 2 nitrogen and oxygen atoms in total. The fraction of sp³-hybridized carbons (Fsp3) is 1.00. The van der Waals surface area contributed by atoms with E-state index in [4.69, 9.17) is 4.74 Å². The third-order valence-corrected chi connectivity index (χ3v) is 2.76. The van der Waals surface area contributed by atoms with Crippen LogP contribution in [0.3, 0.4) is 0 Å². The first-order valence-electron chi connectivity index (χ1n) is 6.32. The summed E-state index contributed by atoms with van der Waals surface area (Å²) in [6.07, 6.45) is -4.03. The maximum atomic E-state index is 12.4. The molecule has 0 aromatic carbocycles. The number of alkyl halides is 3. The van der Waals surface area contributed by atoms with Gasteiger partial charge in [-0.2, -0.15) is 13.2 Å². The fourth-order valence-electron chi connectivity index (χ4n) is 1.81. The average Bonchev–Trinajstić information content (AvgIpc) is 2.24. The van der Waals surface area contributed by atoms with E-state index in [1.54, 1.807) is 0 Å². The lowest BCUT2D eigenvalue weighted by Crippen LogP contribution is -2.44. The zero-order valence-corrected chi connectivity index (χ0v) is 11.1. The highest BCUT2D eigenvalue weighted by atomic mass is 19.4. The standard InChI is InChI=1S/C12H24F3NO/c1-5-8-10(16-7-3)11(6-2)17-9(4)12(13,14)15/h9-11,16H,5-8H2,1-4H3. The van der Waals surface area contributed by atoms with Crippen LogP contribution in [0, 0.1) is 0 Å². The molecule has 0 heterocycles. The molecule has 5 heteroatoms. The van der Waals surface area contributed by atoms with Gasteiger partial charge in [0, 0.05) is 6.04 Å². The molecule has 0 rings (SSSR count). The van der Waals surface area contributed by atoms with E-state index in [0.717, 1.165) is 26.3 Å². The van der Waals surface area contributed by atoms with Crippen molar-refractivity contribution >= 4 is 0 Å². The predicted molar refractivity (Wildman–Crippen MR) is 63.1 cm³/mol. The quantitative estimate of drug-likeness (QED) is 0.716. The average molecular weight is 255 g/mol. The first-order valence-corrected chi connectivity index (χ1v) is 6.32. The molecule has 0 saturated carbocycles. The van der Waals surface area contributed by atoms with Crippen molar-refractivity contribution in [3.05, 3.63) is 0 Å². The first-order chi connectivity index (χ1) is 7.86. The lowest BCUT2D eigenvalue weighted by atomic mass is 10.0. The minimum atomic E-state index is -4.28. The minimum Gasteiger partial charge on any atom is -0.364 e. The van der Waals surface area contributed by atoms with Crippen molar-refractivity contribution in [1.29, 1.82) is 0 Å². The molecule has 0 saturated heterocycles. The molecule has 0 aromatic heterocycles. The molecule has 0 aliphatic heterocycles. The van der Waals surface area contributed by atoms with Gasteiger partial charge in [-0.25, -0.2) is 0 Å². The Morgan fingerprint density at radius 1 is 1.18 bits per heavy atom. The van der Waals surface area contributed by atoms with Gasteiger partial charge in [-0.15, -0.1) is 0 Å². The molecule has 0 bridgehead atoms. The lowest BCUT2D eigenvalue weighted by molar-refractivity contribution is -0.229. The summed E-state index contributed by atoms with van der Waals surface area (Å²) in [7, 11) is 0. The Labute approximate surface area is 102 Å². The van der Waals surface area contributed by atoms with Crippen LogP contribution < -0.4 is 5.32 Å². The summed E-state index contributed by atoms with van der Waals surface area (Å²) in [5.74, 6) is 0. The molecule has 1 N–H and O–H groups in total. The van der Waals surface area contributed by atoms with E-state index >= 15 is 0 Å². The van der Waals surface area contributed by atoms with Crippen molar-refractivity contribution in [2.75, 3.05) is 6.54 Å².